The van der Waals surface area contributed by atoms with Gasteiger partial charge in [0.1, 0.15) is 12.1 Å². The van der Waals surface area contributed by atoms with Crippen molar-refractivity contribution in [2.45, 2.75) is 66.0 Å². The van der Waals surface area contributed by atoms with Crippen LogP contribution in [0.2, 0.25) is 0 Å². The van der Waals surface area contributed by atoms with E-state index in [0.717, 1.165) is 12.8 Å². The number of hydrogen-bond donors (Lipinski definition) is 0. The van der Waals surface area contributed by atoms with Gasteiger partial charge in [0.2, 0.25) is 0 Å². The van der Waals surface area contributed by atoms with Crippen LogP contribution >= 0.6 is 0 Å². The van der Waals surface area contributed by atoms with E-state index in [1.165, 1.54) is 11.0 Å². The molecule has 1 aliphatic carbocycles. The summed E-state index contributed by atoms with van der Waals surface area (Å²) in [4.78, 5) is 24.8. The molecular formula is C19H29NO3. The van der Waals surface area contributed by atoms with Crippen molar-refractivity contribution in [1.29, 1.82) is 0 Å². The van der Waals surface area contributed by atoms with Gasteiger partial charge in [0, 0.05) is 11.8 Å². The lowest BCUT2D eigenvalue weighted by Crippen LogP contribution is -2.38. The average molecular weight is 319 g/mol. The van der Waals surface area contributed by atoms with Gasteiger partial charge in [-0.15, -0.1) is 0 Å². The van der Waals surface area contributed by atoms with Crippen LogP contribution in [0, 0.1) is 24.7 Å². The topological polar surface area (TPSA) is 48.3 Å². The van der Waals surface area contributed by atoms with Crippen LogP contribution in [0.1, 0.15) is 58.6 Å². The Morgan fingerprint density at radius 1 is 1.30 bits per heavy atom. The number of ether oxygens (including phenoxy) is 1. The highest BCUT2D eigenvalue weighted by atomic mass is 16.5. The number of aromatic nitrogens is 1. The molecule has 4 unspecified atom stereocenters. The third kappa shape index (κ3) is 4.04. The Morgan fingerprint density at radius 2 is 2.00 bits per heavy atom. The van der Waals surface area contributed by atoms with E-state index in [9.17, 15) is 9.59 Å². The second kappa shape index (κ2) is 7.33. The SMILES string of the molecule is Cc1cccn(C(C)C(=O)OC2CC(C)CCC2C(C)C)c1=O. The summed E-state index contributed by atoms with van der Waals surface area (Å²) in [5.74, 6) is 1.19. The van der Waals surface area contributed by atoms with Gasteiger partial charge < -0.3 is 9.30 Å². The molecule has 0 spiro atoms. The molecule has 0 aromatic carbocycles. The Balaban J connectivity index is 2.13. The maximum atomic E-state index is 12.6. The van der Waals surface area contributed by atoms with Crippen LogP contribution < -0.4 is 5.56 Å². The Bertz CT molecular complexity index is 605. The molecule has 23 heavy (non-hydrogen) atoms. The summed E-state index contributed by atoms with van der Waals surface area (Å²) in [6, 6.07) is 2.96. The second-order valence-electron chi connectivity index (χ2n) is 7.38. The molecule has 1 aromatic rings. The summed E-state index contributed by atoms with van der Waals surface area (Å²) in [7, 11) is 0. The van der Waals surface area contributed by atoms with E-state index in [2.05, 4.69) is 20.8 Å². The number of aryl methyl sites for hydroxylation is 1. The summed E-state index contributed by atoms with van der Waals surface area (Å²) in [6.07, 6.45) is 4.85. The molecule has 1 fully saturated rings. The summed E-state index contributed by atoms with van der Waals surface area (Å²) in [5, 5.41) is 0. The second-order valence-corrected chi connectivity index (χ2v) is 7.38. The zero-order valence-corrected chi connectivity index (χ0v) is 14.9. The molecule has 128 valence electrons. The number of esters is 1. The first-order valence-corrected chi connectivity index (χ1v) is 8.69. The fourth-order valence-electron chi connectivity index (χ4n) is 3.54. The predicted octanol–water partition coefficient (Wildman–Crippen LogP) is 3.72. The van der Waals surface area contributed by atoms with Crippen molar-refractivity contribution in [2.24, 2.45) is 17.8 Å². The normalized spacial score (nSPS) is 26.1. The predicted molar refractivity (Wildman–Crippen MR) is 91.4 cm³/mol. The number of rotatable bonds is 4. The minimum atomic E-state index is -0.590. The standard InChI is InChI=1S/C19H29NO3/c1-12(2)16-9-8-13(3)11-17(16)23-19(22)15(5)20-10-6-7-14(4)18(20)21/h6-7,10,12-13,15-17H,8-9,11H2,1-5H3. The molecule has 2 rings (SSSR count). The first-order chi connectivity index (χ1) is 10.8. The van der Waals surface area contributed by atoms with E-state index >= 15 is 0 Å². The van der Waals surface area contributed by atoms with Crippen molar-refractivity contribution >= 4 is 5.97 Å². The molecular weight excluding hydrogens is 290 g/mol. The van der Waals surface area contributed by atoms with Gasteiger partial charge in [0.05, 0.1) is 0 Å². The van der Waals surface area contributed by atoms with Crippen LogP contribution in [0.25, 0.3) is 0 Å². The van der Waals surface area contributed by atoms with Gasteiger partial charge in [-0.2, -0.15) is 0 Å². The Labute approximate surface area is 138 Å². The highest BCUT2D eigenvalue weighted by molar-refractivity contribution is 5.74. The van der Waals surface area contributed by atoms with Gasteiger partial charge in [-0.25, -0.2) is 4.79 Å². The van der Waals surface area contributed by atoms with E-state index in [1.54, 1.807) is 32.2 Å². The van der Waals surface area contributed by atoms with Crippen molar-refractivity contribution in [2.75, 3.05) is 0 Å². The molecule has 0 aliphatic heterocycles. The molecule has 1 aromatic heterocycles. The van der Waals surface area contributed by atoms with Crippen LogP contribution in [0.4, 0.5) is 0 Å². The zero-order chi connectivity index (χ0) is 17.1. The summed E-state index contributed by atoms with van der Waals surface area (Å²) < 4.78 is 7.31. The van der Waals surface area contributed by atoms with E-state index < -0.39 is 6.04 Å². The van der Waals surface area contributed by atoms with Crippen molar-refractivity contribution < 1.29 is 9.53 Å². The molecule has 0 saturated heterocycles. The maximum Gasteiger partial charge on any atom is 0.329 e. The van der Waals surface area contributed by atoms with Crippen molar-refractivity contribution in [1.82, 2.24) is 4.57 Å². The molecule has 1 heterocycles. The van der Waals surface area contributed by atoms with Crippen molar-refractivity contribution in [3.8, 4) is 0 Å². The summed E-state index contributed by atoms with van der Waals surface area (Å²) in [5.41, 5.74) is 0.507. The van der Waals surface area contributed by atoms with Crippen LogP contribution in [-0.4, -0.2) is 16.6 Å². The molecule has 4 atom stereocenters. The molecule has 0 radical (unpaired) electrons. The largest absolute Gasteiger partial charge is 0.461 e. The lowest BCUT2D eigenvalue weighted by atomic mass is 9.75. The highest BCUT2D eigenvalue weighted by Crippen LogP contribution is 2.35. The monoisotopic (exact) mass is 319 g/mol. The number of carbonyl (C=O) groups is 1. The number of nitrogens with zero attached hydrogens (tertiary/aromatic N) is 1. The third-order valence-electron chi connectivity index (χ3n) is 5.15. The van der Waals surface area contributed by atoms with Crippen molar-refractivity contribution in [3.05, 3.63) is 34.2 Å². The van der Waals surface area contributed by atoms with Gasteiger partial charge in [-0.1, -0.05) is 33.3 Å². The molecule has 0 amide bonds. The van der Waals surface area contributed by atoms with E-state index in [4.69, 9.17) is 4.74 Å². The van der Waals surface area contributed by atoms with Crippen LogP contribution in [0.3, 0.4) is 0 Å². The van der Waals surface area contributed by atoms with Gasteiger partial charge in [-0.3, -0.25) is 4.79 Å². The molecule has 4 nitrogen and oxygen atoms in total. The molecule has 0 N–H and O–H groups in total. The Morgan fingerprint density at radius 3 is 2.65 bits per heavy atom. The van der Waals surface area contributed by atoms with Gasteiger partial charge >= 0.3 is 5.97 Å². The quantitative estimate of drug-likeness (QED) is 0.795. The fourth-order valence-corrected chi connectivity index (χ4v) is 3.54. The first-order valence-electron chi connectivity index (χ1n) is 8.69. The molecule has 4 heteroatoms. The molecule has 1 saturated carbocycles. The maximum absolute atomic E-state index is 12.6. The van der Waals surface area contributed by atoms with Gasteiger partial charge in [-0.05, 0) is 50.5 Å². The van der Waals surface area contributed by atoms with Crippen LogP contribution in [-0.2, 0) is 9.53 Å². The highest BCUT2D eigenvalue weighted by Gasteiger charge is 2.34. The van der Waals surface area contributed by atoms with Crippen LogP contribution in [0.5, 0.6) is 0 Å². The minimum absolute atomic E-state index is 0.0331. The van der Waals surface area contributed by atoms with E-state index in [0.29, 0.717) is 23.3 Å². The van der Waals surface area contributed by atoms with Crippen LogP contribution in [0.15, 0.2) is 23.1 Å². The lowest BCUT2D eigenvalue weighted by molar-refractivity contribution is -0.159. The van der Waals surface area contributed by atoms with Gasteiger partial charge in [0.25, 0.3) is 5.56 Å². The number of hydrogen-bond acceptors (Lipinski definition) is 3. The van der Waals surface area contributed by atoms with Crippen molar-refractivity contribution in [3.63, 3.8) is 0 Å². The fraction of sp³-hybridized carbons (Fsp3) is 0.684. The average Bonchev–Trinajstić information content (AvgIpc) is 2.49. The Hall–Kier alpha value is -1.58. The summed E-state index contributed by atoms with van der Waals surface area (Å²) >= 11 is 0. The summed E-state index contributed by atoms with van der Waals surface area (Å²) in [6.45, 7) is 10.1. The first kappa shape index (κ1) is 17.8. The number of carbonyl (C=O) groups excluding carboxylic acids is 1. The molecule has 1 aliphatic rings. The third-order valence-corrected chi connectivity index (χ3v) is 5.15. The van der Waals surface area contributed by atoms with E-state index in [-0.39, 0.29) is 17.6 Å². The minimum Gasteiger partial charge on any atom is -0.461 e. The van der Waals surface area contributed by atoms with E-state index in [1.807, 2.05) is 0 Å². The zero-order valence-electron chi connectivity index (χ0n) is 14.9. The lowest BCUT2D eigenvalue weighted by Gasteiger charge is -2.37. The Kier molecular flexibility index (Phi) is 5.66. The van der Waals surface area contributed by atoms with Gasteiger partial charge in [0.15, 0.2) is 0 Å². The smallest absolute Gasteiger partial charge is 0.329 e. The number of pyridine rings is 1. The molecule has 0 bridgehead atoms.